The third-order valence-corrected chi connectivity index (χ3v) is 3.22. The lowest BCUT2D eigenvalue weighted by Crippen LogP contribution is -2.47. The molecule has 0 saturated carbocycles. The summed E-state index contributed by atoms with van der Waals surface area (Å²) < 4.78 is 18.9. The van der Waals surface area contributed by atoms with Gasteiger partial charge >= 0.3 is 0 Å². The summed E-state index contributed by atoms with van der Waals surface area (Å²) in [6.07, 6.45) is 1.89. The first-order chi connectivity index (χ1) is 8.15. The Kier molecular flexibility index (Phi) is 4.13. The van der Waals surface area contributed by atoms with Crippen LogP contribution in [0, 0.1) is 12.7 Å². The lowest BCUT2D eigenvalue weighted by atomic mass is 10.0. The Balaban J connectivity index is 1.86. The number of halogens is 1. The van der Waals surface area contributed by atoms with Crippen LogP contribution in [0.2, 0.25) is 0 Å². The molecule has 2 nitrogen and oxygen atoms in total. The molecule has 0 radical (unpaired) electrons. The van der Waals surface area contributed by atoms with Gasteiger partial charge in [-0.15, -0.1) is 0 Å². The standard InChI is InChI=1S/C14H20FNO/c1-10-3-4-12(7-14(10)15)5-6-13-9-17-8-11(2)16-13/h3-4,7,11,13,16H,5-6,8-9H2,1-2H3. The second-order valence-electron chi connectivity index (χ2n) is 4.92. The molecule has 2 rings (SSSR count). The Morgan fingerprint density at radius 1 is 1.41 bits per heavy atom. The number of benzene rings is 1. The summed E-state index contributed by atoms with van der Waals surface area (Å²) in [5.74, 6) is -0.108. The van der Waals surface area contributed by atoms with Crippen molar-refractivity contribution in [3.63, 3.8) is 0 Å². The van der Waals surface area contributed by atoms with E-state index in [-0.39, 0.29) is 5.82 Å². The minimum absolute atomic E-state index is 0.108. The summed E-state index contributed by atoms with van der Waals surface area (Å²) in [4.78, 5) is 0. The smallest absolute Gasteiger partial charge is 0.126 e. The number of rotatable bonds is 3. The van der Waals surface area contributed by atoms with Crippen LogP contribution in [0.15, 0.2) is 18.2 Å². The van der Waals surface area contributed by atoms with Crippen molar-refractivity contribution >= 4 is 0 Å². The molecule has 1 aliphatic rings. The van der Waals surface area contributed by atoms with Crippen molar-refractivity contribution in [1.29, 1.82) is 0 Å². The molecule has 94 valence electrons. The first-order valence-electron chi connectivity index (χ1n) is 6.24. The predicted molar refractivity (Wildman–Crippen MR) is 66.7 cm³/mol. The molecular weight excluding hydrogens is 217 g/mol. The molecule has 17 heavy (non-hydrogen) atoms. The summed E-state index contributed by atoms with van der Waals surface area (Å²) in [7, 11) is 0. The van der Waals surface area contributed by atoms with E-state index in [1.807, 2.05) is 12.1 Å². The quantitative estimate of drug-likeness (QED) is 0.872. The Bertz CT molecular complexity index is 380. The lowest BCUT2D eigenvalue weighted by Gasteiger charge is -2.29. The zero-order valence-electron chi connectivity index (χ0n) is 10.5. The Hall–Kier alpha value is -0.930. The van der Waals surface area contributed by atoms with E-state index in [9.17, 15) is 4.39 Å². The average Bonchev–Trinajstić information content (AvgIpc) is 2.31. The van der Waals surface area contributed by atoms with Crippen LogP contribution >= 0.6 is 0 Å². The van der Waals surface area contributed by atoms with Crippen molar-refractivity contribution in [3.8, 4) is 0 Å². The highest BCUT2D eigenvalue weighted by Gasteiger charge is 2.17. The number of hydrogen-bond donors (Lipinski definition) is 1. The van der Waals surface area contributed by atoms with Gasteiger partial charge < -0.3 is 10.1 Å². The normalized spacial score (nSPS) is 24.9. The average molecular weight is 237 g/mol. The SMILES string of the molecule is Cc1ccc(CCC2COCC(C)N2)cc1F. The van der Waals surface area contributed by atoms with Crippen LogP contribution in [0.1, 0.15) is 24.5 Å². The molecule has 1 aromatic rings. The van der Waals surface area contributed by atoms with Crippen LogP contribution in [0.3, 0.4) is 0 Å². The maximum absolute atomic E-state index is 13.4. The summed E-state index contributed by atoms with van der Waals surface area (Å²) in [5, 5.41) is 3.49. The summed E-state index contributed by atoms with van der Waals surface area (Å²) in [5.41, 5.74) is 1.77. The molecule has 0 amide bonds. The summed E-state index contributed by atoms with van der Waals surface area (Å²) in [6, 6.07) is 6.30. The first-order valence-corrected chi connectivity index (χ1v) is 6.24. The zero-order chi connectivity index (χ0) is 12.3. The number of hydrogen-bond acceptors (Lipinski definition) is 2. The van der Waals surface area contributed by atoms with Gasteiger partial charge in [0.1, 0.15) is 5.82 Å². The first kappa shape index (κ1) is 12.5. The maximum atomic E-state index is 13.4. The second kappa shape index (κ2) is 5.61. The molecular formula is C14H20FNO. The van der Waals surface area contributed by atoms with E-state index in [1.54, 1.807) is 13.0 Å². The fourth-order valence-corrected chi connectivity index (χ4v) is 2.19. The third-order valence-electron chi connectivity index (χ3n) is 3.22. The van der Waals surface area contributed by atoms with Crippen LogP contribution in [-0.4, -0.2) is 25.3 Å². The van der Waals surface area contributed by atoms with Crippen LogP contribution in [0.5, 0.6) is 0 Å². The van der Waals surface area contributed by atoms with Gasteiger partial charge in [-0.25, -0.2) is 4.39 Å². The number of morpholine rings is 1. The van der Waals surface area contributed by atoms with Crippen LogP contribution in [-0.2, 0) is 11.2 Å². The summed E-state index contributed by atoms with van der Waals surface area (Å²) >= 11 is 0. The Morgan fingerprint density at radius 2 is 2.24 bits per heavy atom. The van der Waals surface area contributed by atoms with Gasteiger partial charge in [-0.1, -0.05) is 12.1 Å². The number of ether oxygens (including phenoxy) is 1. The van der Waals surface area contributed by atoms with E-state index in [0.717, 1.165) is 31.6 Å². The van der Waals surface area contributed by atoms with Crippen molar-refractivity contribution < 1.29 is 9.13 Å². The molecule has 0 spiro atoms. The molecule has 0 bridgehead atoms. The van der Waals surface area contributed by atoms with E-state index in [2.05, 4.69) is 12.2 Å². The number of aryl methyl sites for hydroxylation is 2. The van der Waals surface area contributed by atoms with Gasteiger partial charge in [0.25, 0.3) is 0 Å². The summed E-state index contributed by atoms with van der Waals surface area (Å²) in [6.45, 7) is 5.46. The van der Waals surface area contributed by atoms with E-state index in [1.165, 1.54) is 0 Å². The maximum Gasteiger partial charge on any atom is 0.126 e. The number of nitrogens with one attached hydrogen (secondary N) is 1. The van der Waals surface area contributed by atoms with Crippen LogP contribution in [0.4, 0.5) is 4.39 Å². The van der Waals surface area contributed by atoms with Gasteiger partial charge in [-0.2, -0.15) is 0 Å². The second-order valence-corrected chi connectivity index (χ2v) is 4.92. The van der Waals surface area contributed by atoms with Gasteiger partial charge in [0.15, 0.2) is 0 Å². The molecule has 1 N–H and O–H groups in total. The van der Waals surface area contributed by atoms with Crippen molar-refractivity contribution in [2.45, 2.75) is 38.8 Å². The third kappa shape index (κ3) is 3.51. The van der Waals surface area contributed by atoms with Crippen molar-refractivity contribution in [2.24, 2.45) is 0 Å². The highest BCUT2D eigenvalue weighted by molar-refractivity contribution is 5.23. The Labute approximate surface area is 102 Å². The Morgan fingerprint density at radius 3 is 2.94 bits per heavy atom. The fourth-order valence-electron chi connectivity index (χ4n) is 2.19. The molecule has 2 atom stereocenters. The van der Waals surface area contributed by atoms with Crippen molar-refractivity contribution in [2.75, 3.05) is 13.2 Å². The predicted octanol–water partition coefficient (Wildman–Crippen LogP) is 2.44. The van der Waals surface area contributed by atoms with Gasteiger partial charge in [-0.05, 0) is 43.9 Å². The minimum Gasteiger partial charge on any atom is -0.378 e. The van der Waals surface area contributed by atoms with E-state index < -0.39 is 0 Å². The monoisotopic (exact) mass is 237 g/mol. The molecule has 1 fully saturated rings. The largest absolute Gasteiger partial charge is 0.378 e. The lowest BCUT2D eigenvalue weighted by molar-refractivity contribution is 0.0483. The van der Waals surface area contributed by atoms with Gasteiger partial charge in [0, 0.05) is 12.1 Å². The molecule has 0 aromatic heterocycles. The molecule has 1 saturated heterocycles. The molecule has 3 heteroatoms. The topological polar surface area (TPSA) is 21.3 Å². The van der Waals surface area contributed by atoms with Gasteiger partial charge in [0.2, 0.25) is 0 Å². The van der Waals surface area contributed by atoms with Gasteiger partial charge in [0.05, 0.1) is 13.2 Å². The highest BCUT2D eigenvalue weighted by atomic mass is 19.1. The van der Waals surface area contributed by atoms with Gasteiger partial charge in [-0.3, -0.25) is 0 Å². The van der Waals surface area contributed by atoms with Crippen molar-refractivity contribution in [3.05, 3.63) is 35.1 Å². The van der Waals surface area contributed by atoms with E-state index >= 15 is 0 Å². The molecule has 1 aliphatic heterocycles. The fraction of sp³-hybridized carbons (Fsp3) is 0.571. The van der Waals surface area contributed by atoms with E-state index in [0.29, 0.717) is 17.6 Å². The minimum atomic E-state index is -0.108. The van der Waals surface area contributed by atoms with Crippen LogP contribution in [0.25, 0.3) is 0 Å². The van der Waals surface area contributed by atoms with Crippen LogP contribution < -0.4 is 5.32 Å². The molecule has 2 unspecified atom stereocenters. The highest BCUT2D eigenvalue weighted by Crippen LogP contribution is 2.13. The zero-order valence-corrected chi connectivity index (χ0v) is 10.5. The van der Waals surface area contributed by atoms with Crippen molar-refractivity contribution in [1.82, 2.24) is 5.32 Å². The molecule has 1 aromatic carbocycles. The molecule has 1 heterocycles. The van der Waals surface area contributed by atoms with E-state index in [4.69, 9.17) is 4.74 Å². The molecule has 0 aliphatic carbocycles.